The fourth-order valence-electron chi connectivity index (χ4n) is 1.83. The van der Waals surface area contributed by atoms with Gasteiger partial charge in [0.25, 0.3) is 5.91 Å². The Hall–Kier alpha value is -1.53. The fourth-order valence-corrected chi connectivity index (χ4v) is 2.29. The number of amides is 1. The molecule has 0 bridgehead atoms. The lowest BCUT2D eigenvalue weighted by Crippen LogP contribution is -2.28. The number of rotatable bonds is 4. The summed E-state index contributed by atoms with van der Waals surface area (Å²) in [5, 5.41) is 9.14. The number of halogens is 2. The van der Waals surface area contributed by atoms with Crippen LogP contribution in [0.15, 0.2) is 12.4 Å². The lowest BCUT2D eigenvalue weighted by atomic mass is 10.3. The SMILES string of the molecule is CCn1cc(Cl)c(CN(C)C(=O)c2c(Cl)cnn2C)n1. The molecule has 1 amide bonds. The second kappa shape index (κ2) is 5.85. The van der Waals surface area contributed by atoms with E-state index in [0.717, 1.165) is 6.54 Å². The first-order chi connectivity index (χ1) is 9.43. The van der Waals surface area contributed by atoms with Crippen LogP contribution in [0.1, 0.15) is 23.1 Å². The maximum Gasteiger partial charge on any atom is 0.273 e. The van der Waals surface area contributed by atoms with Crippen molar-refractivity contribution in [2.75, 3.05) is 7.05 Å². The molecular formula is C12H15Cl2N5O. The maximum absolute atomic E-state index is 12.3. The summed E-state index contributed by atoms with van der Waals surface area (Å²) < 4.78 is 3.18. The van der Waals surface area contributed by atoms with Gasteiger partial charge in [0, 0.05) is 26.8 Å². The van der Waals surface area contributed by atoms with E-state index >= 15 is 0 Å². The highest BCUT2D eigenvalue weighted by Crippen LogP contribution is 2.19. The Kier molecular flexibility index (Phi) is 4.35. The number of carbonyl (C=O) groups excluding carboxylic acids is 1. The summed E-state index contributed by atoms with van der Waals surface area (Å²) in [7, 11) is 3.35. The summed E-state index contributed by atoms with van der Waals surface area (Å²) in [5.41, 5.74) is 1.00. The lowest BCUT2D eigenvalue weighted by molar-refractivity contribution is 0.0772. The van der Waals surface area contributed by atoms with E-state index in [0.29, 0.717) is 28.0 Å². The third-order valence-electron chi connectivity index (χ3n) is 2.94. The highest BCUT2D eigenvalue weighted by atomic mass is 35.5. The summed E-state index contributed by atoms with van der Waals surface area (Å²) in [6.07, 6.45) is 3.19. The second-order valence-corrected chi connectivity index (χ2v) is 5.22. The zero-order valence-electron chi connectivity index (χ0n) is 11.5. The maximum atomic E-state index is 12.3. The van der Waals surface area contributed by atoms with Gasteiger partial charge in [-0.1, -0.05) is 23.2 Å². The summed E-state index contributed by atoms with van der Waals surface area (Å²) in [4.78, 5) is 13.9. The number of nitrogens with zero attached hydrogens (tertiary/aromatic N) is 5. The van der Waals surface area contributed by atoms with Crippen LogP contribution >= 0.6 is 23.2 Å². The number of hydrogen-bond donors (Lipinski definition) is 0. The molecule has 2 aromatic heterocycles. The first-order valence-corrected chi connectivity index (χ1v) is 6.84. The molecule has 2 heterocycles. The summed E-state index contributed by atoms with van der Waals surface area (Å²) in [6, 6.07) is 0. The summed E-state index contributed by atoms with van der Waals surface area (Å²) in [5.74, 6) is -0.225. The molecule has 0 N–H and O–H groups in total. The van der Waals surface area contributed by atoms with Crippen molar-refractivity contribution in [3.63, 3.8) is 0 Å². The van der Waals surface area contributed by atoms with Gasteiger partial charge >= 0.3 is 0 Å². The molecule has 0 saturated carbocycles. The Labute approximate surface area is 126 Å². The molecule has 2 rings (SSSR count). The third-order valence-corrected chi connectivity index (χ3v) is 3.53. The summed E-state index contributed by atoms with van der Waals surface area (Å²) >= 11 is 12.1. The van der Waals surface area contributed by atoms with Crippen LogP contribution in [0.4, 0.5) is 0 Å². The molecular weight excluding hydrogens is 301 g/mol. The standard InChI is InChI=1S/C12H15Cl2N5O/c1-4-19-6-9(14)10(16-19)7-17(2)12(20)11-8(13)5-15-18(11)3/h5-6H,4,7H2,1-3H3. The molecule has 0 atom stereocenters. The summed E-state index contributed by atoms with van der Waals surface area (Å²) in [6.45, 7) is 3.01. The van der Waals surface area contributed by atoms with Gasteiger partial charge in [0.05, 0.1) is 22.8 Å². The Morgan fingerprint density at radius 3 is 2.60 bits per heavy atom. The minimum Gasteiger partial charge on any atom is -0.334 e. The van der Waals surface area contributed by atoms with E-state index in [2.05, 4.69) is 10.2 Å². The van der Waals surface area contributed by atoms with E-state index in [9.17, 15) is 4.79 Å². The van der Waals surface area contributed by atoms with Crippen LogP contribution in [0, 0.1) is 0 Å². The topological polar surface area (TPSA) is 56.0 Å². The van der Waals surface area contributed by atoms with Crippen LogP contribution in [0.2, 0.25) is 10.0 Å². The van der Waals surface area contributed by atoms with Crippen molar-refractivity contribution >= 4 is 29.1 Å². The van der Waals surface area contributed by atoms with Crippen molar-refractivity contribution in [2.24, 2.45) is 7.05 Å². The first-order valence-electron chi connectivity index (χ1n) is 6.08. The average Bonchev–Trinajstić information content (AvgIpc) is 2.92. The van der Waals surface area contributed by atoms with Crippen molar-refractivity contribution < 1.29 is 4.79 Å². The minimum absolute atomic E-state index is 0.225. The van der Waals surface area contributed by atoms with Crippen LogP contribution < -0.4 is 0 Å². The smallest absolute Gasteiger partial charge is 0.273 e. The molecule has 0 fully saturated rings. The molecule has 20 heavy (non-hydrogen) atoms. The van der Waals surface area contributed by atoms with Crippen LogP contribution in [0.5, 0.6) is 0 Å². The molecule has 0 saturated heterocycles. The Morgan fingerprint density at radius 2 is 2.10 bits per heavy atom. The number of carbonyl (C=O) groups is 1. The molecule has 0 unspecified atom stereocenters. The molecule has 0 aliphatic rings. The van der Waals surface area contributed by atoms with Crippen molar-refractivity contribution in [2.45, 2.75) is 20.0 Å². The Morgan fingerprint density at radius 1 is 1.40 bits per heavy atom. The molecule has 0 aromatic carbocycles. The highest BCUT2D eigenvalue weighted by Gasteiger charge is 2.21. The zero-order chi connectivity index (χ0) is 14.9. The van der Waals surface area contributed by atoms with Gasteiger partial charge in [-0.05, 0) is 6.92 Å². The van der Waals surface area contributed by atoms with E-state index in [-0.39, 0.29) is 5.91 Å². The molecule has 0 aliphatic heterocycles. The monoisotopic (exact) mass is 315 g/mol. The molecule has 0 aliphatic carbocycles. The van der Waals surface area contributed by atoms with E-state index in [1.165, 1.54) is 15.8 Å². The van der Waals surface area contributed by atoms with Crippen molar-refractivity contribution in [3.05, 3.63) is 33.8 Å². The predicted octanol–water partition coefficient (Wildman–Crippen LogP) is 2.22. The first kappa shape index (κ1) is 14.9. The normalized spacial score (nSPS) is 10.8. The van der Waals surface area contributed by atoms with Crippen LogP contribution in [-0.4, -0.2) is 37.4 Å². The van der Waals surface area contributed by atoms with Gasteiger partial charge in [0.1, 0.15) is 11.4 Å². The van der Waals surface area contributed by atoms with E-state index in [4.69, 9.17) is 23.2 Å². The molecule has 0 spiro atoms. The van der Waals surface area contributed by atoms with Gasteiger partial charge in [0.15, 0.2) is 0 Å². The molecule has 108 valence electrons. The van der Waals surface area contributed by atoms with Crippen molar-refractivity contribution in [1.82, 2.24) is 24.5 Å². The average molecular weight is 316 g/mol. The van der Waals surface area contributed by atoms with Gasteiger partial charge in [-0.25, -0.2) is 0 Å². The second-order valence-electron chi connectivity index (χ2n) is 4.41. The third kappa shape index (κ3) is 2.81. The molecule has 2 aromatic rings. The van der Waals surface area contributed by atoms with Gasteiger partial charge in [0.2, 0.25) is 0 Å². The number of aromatic nitrogens is 4. The lowest BCUT2D eigenvalue weighted by Gasteiger charge is -2.16. The largest absolute Gasteiger partial charge is 0.334 e. The van der Waals surface area contributed by atoms with Gasteiger partial charge < -0.3 is 4.90 Å². The van der Waals surface area contributed by atoms with E-state index in [1.54, 1.807) is 25.0 Å². The van der Waals surface area contributed by atoms with Gasteiger partial charge in [-0.3, -0.25) is 14.2 Å². The van der Waals surface area contributed by atoms with Gasteiger partial charge in [-0.15, -0.1) is 0 Å². The minimum atomic E-state index is -0.225. The number of hydrogen-bond acceptors (Lipinski definition) is 3. The fraction of sp³-hybridized carbons (Fsp3) is 0.417. The van der Waals surface area contributed by atoms with E-state index < -0.39 is 0 Å². The van der Waals surface area contributed by atoms with Gasteiger partial charge in [-0.2, -0.15) is 10.2 Å². The van der Waals surface area contributed by atoms with Crippen LogP contribution in [0.3, 0.4) is 0 Å². The highest BCUT2D eigenvalue weighted by molar-refractivity contribution is 6.33. The van der Waals surface area contributed by atoms with Crippen molar-refractivity contribution in [3.8, 4) is 0 Å². The zero-order valence-corrected chi connectivity index (χ0v) is 13.0. The Balaban J connectivity index is 2.17. The predicted molar refractivity (Wildman–Crippen MR) is 76.9 cm³/mol. The van der Waals surface area contributed by atoms with Crippen molar-refractivity contribution in [1.29, 1.82) is 0 Å². The molecule has 0 radical (unpaired) electrons. The van der Waals surface area contributed by atoms with E-state index in [1.807, 2.05) is 6.92 Å². The molecule has 6 nitrogen and oxygen atoms in total. The quantitative estimate of drug-likeness (QED) is 0.869. The Bertz CT molecular complexity index is 614. The number of aryl methyl sites for hydroxylation is 2. The molecule has 8 heteroatoms. The van der Waals surface area contributed by atoms with Crippen LogP contribution in [-0.2, 0) is 20.1 Å². The van der Waals surface area contributed by atoms with Crippen LogP contribution in [0.25, 0.3) is 0 Å².